The van der Waals surface area contributed by atoms with Crippen molar-refractivity contribution in [3.8, 4) is 22.6 Å². The number of benzene rings is 1. The Morgan fingerprint density at radius 3 is 2.80 bits per heavy atom. The summed E-state index contributed by atoms with van der Waals surface area (Å²) >= 11 is 0. The first-order chi connectivity index (χ1) is 9.65. The van der Waals surface area contributed by atoms with Gasteiger partial charge in [0.2, 0.25) is 0 Å². The van der Waals surface area contributed by atoms with E-state index in [0.717, 1.165) is 16.8 Å². The summed E-state index contributed by atoms with van der Waals surface area (Å²) in [6.07, 6.45) is 3.33. The molecule has 0 aliphatic rings. The number of nitrogens with zero attached hydrogens (tertiary/aromatic N) is 2. The van der Waals surface area contributed by atoms with E-state index in [9.17, 15) is 4.39 Å². The molecule has 0 bridgehead atoms. The topological polar surface area (TPSA) is 67.6 Å². The quantitative estimate of drug-likeness (QED) is 0.750. The van der Waals surface area contributed by atoms with Gasteiger partial charge in [0.05, 0.1) is 17.5 Å². The van der Waals surface area contributed by atoms with Crippen molar-refractivity contribution in [1.82, 2.24) is 15.0 Å². The summed E-state index contributed by atoms with van der Waals surface area (Å²) < 4.78 is 13.3. The van der Waals surface area contributed by atoms with E-state index in [-0.39, 0.29) is 5.82 Å². The van der Waals surface area contributed by atoms with Crippen LogP contribution >= 0.6 is 0 Å². The van der Waals surface area contributed by atoms with Crippen LogP contribution in [0.5, 0.6) is 0 Å². The van der Waals surface area contributed by atoms with Crippen LogP contribution in [0.2, 0.25) is 0 Å². The van der Waals surface area contributed by atoms with E-state index < -0.39 is 0 Å². The Balaban J connectivity index is 2.02. The lowest BCUT2D eigenvalue weighted by atomic mass is 10.1. The number of hydrogen-bond donors (Lipinski definition) is 2. The second-order valence-corrected chi connectivity index (χ2v) is 4.55. The van der Waals surface area contributed by atoms with Crippen LogP contribution in [-0.4, -0.2) is 15.0 Å². The van der Waals surface area contributed by atoms with Crippen molar-refractivity contribution in [3.63, 3.8) is 0 Å². The third kappa shape index (κ3) is 2.14. The minimum Gasteiger partial charge on any atom is -0.383 e. The summed E-state index contributed by atoms with van der Waals surface area (Å²) in [6, 6.07) is 8.59. The second kappa shape index (κ2) is 4.77. The number of nitrogen functional groups attached to an aromatic ring is 1. The number of aromatic nitrogens is 3. The summed E-state index contributed by atoms with van der Waals surface area (Å²) in [5.74, 6) is 0.848. The molecule has 0 amide bonds. The lowest BCUT2D eigenvalue weighted by Gasteiger charge is -2.02. The molecule has 3 rings (SSSR count). The monoisotopic (exact) mass is 268 g/mol. The number of aromatic amines is 1. The Morgan fingerprint density at radius 2 is 2.05 bits per heavy atom. The van der Waals surface area contributed by atoms with Gasteiger partial charge >= 0.3 is 0 Å². The predicted octanol–water partition coefficient (Wildman–Crippen LogP) is 3.17. The zero-order chi connectivity index (χ0) is 14.1. The molecule has 0 unspecified atom stereocenters. The maximum absolute atomic E-state index is 13.3. The SMILES string of the molecule is Cc1cc(-c2cnc(-c3cccnc3N)[nH]2)ccc1F. The van der Waals surface area contributed by atoms with E-state index in [0.29, 0.717) is 17.2 Å². The number of nitrogens with two attached hydrogens (primary N) is 1. The van der Waals surface area contributed by atoms with Gasteiger partial charge in [-0.25, -0.2) is 14.4 Å². The van der Waals surface area contributed by atoms with Gasteiger partial charge in [-0.05, 0) is 42.8 Å². The minimum absolute atomic E-state index is 0.218. The fraction of sp³-hybridized carbons (Fsp3) is 0.0667. The van der Waals surface area contributed by atoms with Crippen molar-refractivity contribution in [1.29, 1.82) is 0 Å². The van der Waals surface area contributed by atoms with Gasteiger partial charge in [-0.1, -0.05) is 0 Å². The van der Waals surface area contributed by atoms with Gasteiger partial charge in [0, 0.05) is 11.8 Å². The number of nitrogens with one attached hydrogen (secondary N) is 1. The zero-order valence-corrected chi connectivity index (χ0v) is 10.9. The number of imidazole rings is 1. The maximum atomic E-state index is 13.3. The van der Waals surface area contributed by atoms with Gasteiger partial charge in [0.1, 0.15) is 17.5 Å². The molecule has 2 aromatic heterocycles. The van der Waals surface area contributed by atoms with Gasteiger partial charge in [-0.2, -0.15) is 0 Å². The molecule has 0 atom stereocenters. The highest BCUT2D eigenvalue weighted by molar-refractivity contribution is 5.71. The van der Waals surface area contributed by atoms with E-state index in [1.165, 1.54) is 6.07 Å². The molecule has 0 saturated carbocycles. The largest absolute Gasteiger partial charge is 0.383 e. The van der Waals surface area contributed by atoms with Crippen molar-refractivity contribution in [2.45, 2.75) is 6.92 Å². The second-order valence-electron chi connectivity index (χ2n) is 4.55. The zero-order valence-electron chi connectivity index (χ0n) is 10.9. The van der Waals surface area contributed by atoms with E-state index >= 15 is 0 Å². The molecule has 2 heterocycles. The molecule has 0 fully saturated rings. The van der Waals surface area contributed by atoms with Crippen LogP contribution in [0, 0.1) is 12.7 Å². The van der Waals surface area contributed by atoms with Gasteiger partial charge in [-0.15, -0.1) is 0 Å². The summed E-state index contributed by atoms with van der Waals surface area (Å²) in [7, 11) is 0. The molecule has 100 valence electrons. The lowest BCUT2D eigenvalue weighted by Crippen LogP contribution is -1.94. The Morgan fingerprint density at radius 1 is 1.20 bits per heavy atom. The first-order valence-corrected chi connectivity index (χ1v) is 6.17. The molecular weight excluding hydrogens is 255 g/mol. The average Bonchev–Trinajstić information content (AvgIpc) is 2.92. The Bertz CT molecular complexity index is 764. The van der Waals surface area contributed by atoms with Crippen molar-refractivity contribution in [2.75, 3.05) is 5.73 Å². The van der Waals surface area contributed by atoms with Crippen molar-refractivity contribution in [3.05, 3.63) is 54.1 Å². The van der Waals surface area contributed by atoms with Crippen LogP contribution in [0.3, 0.4) is 0 Å². The number of aryl methyl sites for hydroxylation is 1. The molecule has 5 heteroatoms. The molecule has 0 aliphatic heterocycles. The predicted molar refractivity (Wildman–Crippen MR) is 76.4 cm³/mol. The lowest BCUT2D eigenvalue weighted by molar-refractivity contribution is 0.619. The van der Waals surface area contributed by atoms with Crippen molar-refractivity contribution in [2.24, 2.45) is 0 Å². The third-order valence-electron chi connectivity index (χ3n) is 3.14. The standard InChI is InChI=1S/C15H13FN4/c1-9-7-10(4-5-12(9)16)13-8-19-15(20-13)11-3-2-6-18-14(11)17/h2-8H,1H3,(H2,17,18)(H,19,20). The van der Waals surface area contributed by atoms with Crippen LogP contribution < -0.4 is 5.73 Å². The molecule has 0 saturated heterocycles. The fourth-order valence-corrected chi connectivity index (χ4v) is 2.03. The maximum Gasteiger partial charge on any atom is 0.141 e. The Labute approximate surface area is 115 Å². The van der Waals surface area contributed by atoms with E-state index in [2.05, 4.69) is 15.0 Å². The number of hydrogen-bond acceptors (Lipinski definition) is 3. The first kappa shape index (κ1) is 12.3. The van der Waals surface area contributed by atoms with E-state index in [1.807, 2.05) is 6.07 Å². The number of halogens is 1. The third-order valence-corrected chi connectivity index (χ3v) is 3.14. The highest BCUT2D eigenvalue weighted by atomic mass is 19.1. The van der Waals surface area contributed by atoms with Crippen LogP contribution in [0.1, 0.15) is 5.56 Å². The van der Waals surface area contributed by atoms with Gasteiger partial charge < -0.3 is 10.7 Å². The molecule has 0 radical (unpaired) electrons. The van der Waals surface area contributed by atoms with Crippen LogP contribution in [0.4, 0.5) is 10.2 Å². The van der Waals surface area contributed by atoms with Gasteiger partial charge in [0.15, 0.2) is 0 Å². The minimum atomic E-state index is -0.218. The number of pyridine rings is 1. The molecule has 3 N–H and O–H groups in total. The first-order valence-electron chi connectivity index (χ1n) is 6.17. The van der Waals surface area contributed by atoms with E-state index in [4.69, 9.17) is 5.73 Å². The molecule has 20 heavy (non-hydrogen) atoms. The van der Waals surface area contributed by atoms with Crippen LogP contribution in [0.25, 0.3) is 22.6 Å². The fourth-order valence-electron chi connectivity index (χ4n) is 2.03. The Kier molecular flexibility index (Phi) is 2.95. The molecule has 4 nitrogen and oxygen atoms in total. The van der Waals surface area contributed by atoms with Crippen LogP contribution in [-0.2, 0) is 0 Å². The molecule has 0 aliphatic carbocycles. The number of anilines is 1. The molecule has 3 aromatic rings. The Hall–Kier alpha value is -2.69. The van der Waals surface area contributed by atoms with Gasteiger partial charge in [-0.3, -0.25) is 0 Å². The molecular formula is C15H13FN4. The van der Waals surface area contributed by atoms with Crippen molar-refractivity contribution >= 4 is 5.82 Å². The highest BCUT2D eigenvalue weighted by Gasteiger charge is 2.09. The summed E-state index contributed by atoms with van der Waals surface area (Å²) in [5, 5.41) is 0. The molecule has 0 spiro atoms. The summed E-state index contributed by atoms with van der Waals surface area (Å²) in [6.45, 7) is 1.73. The smallest absolute Gasteiger partial charge is 0.141 e. The van der Waals surface area contributed by atoms with Gasteiger partial charge in [0.25, 0.3) is 0 Å². The van der Waals surface area contributed by atoms with Crippen molar-refractivity contribution < 1.29 is 4.39 Å². The molecule has 1 aromatic carbocycles. The summed E-state index contributed by atoms with van der Waals surface area (Å²) in [5.41, 5.74) is 8.86. The normalized spacial score (nSPS) is 10.7. The van der Waals surface area contributed by atoms with Crippen LogP contribution in [0.15, 0.2) is 42.7 Å². The average molecular weight is 268 g/mol. The van der Waals surface area contributed by atoms with E-state index in [1.54, 1.807) is 37.5 Å². The summed E-state index contributed by atoms with van der Waals surface area (Å²) in [4.78, 5) is 11.5. The number of rotatable bonds is 2. The highest BCUT2D eigenvalue weighted by Crippen LogP contribution is 2.25. The number of H-pyrrole nitrogens is 1.